The van der Waals surface area contributed by atoms with Gasteiger partial charge in [0.25, 0.3) is 0 Å². The second-order valence-electron chi connectivity index (χ2n) is 6.79. The van der Waals surface area contributed by atoms with Crippen LogP contribution in [0.25, 0.3) is 0 Å². The molecule has 0 spiro atoms. The number of amides is 1. The van der Waals surface area contributed by atoms with Crippen LogP contribution >= 0.6 is 24.0 Å². The third-order valence-electron chi connectivity index (χ3n) is 4.47. The average Bonchev–Trinajstić information content (AvgIpc) is 3.23. The number of hydrogen-bond acceptors (Lipinski definition) is 5. The van der Waals surface area contributed by atoms with Crippen molar-refractivity contribution in [1.82, 2.24) is 0 Å². The maximum absolute atomic E-state index is 12.6. The predicted molar refractivity (Wildman–Crippen MR) is 129 cm³/mol. The third-order valence-corrected chi connectivity index (χ3v) is 5.78. The van der Waals surface area contributed by atoms with Crippen molar-refractivity contribution in [3.63, 3.8) is 0 Å². The lowest BCUT2D eigenvalue weighted by Crippen LogP contribution is -2.22. The van der Waals surface area contributed by atoms with Crippen molar-refractivity contribution in [2.45, 2.75) is 17.1 Å². The van der Waals surface area contributed by atoms with Crippen molar-refractivity contribution in [2.75, 3.05) is 22.7 Å². The quantitative estimate of drug-likeness (QED) is 0.345. The fraction of sp³-hybridized carbons (Fsp3) is 0.130. The molecule has 1 atom stereocenters. The average molecular weight is 452 g/mol. The van der Waals surface area contributed by atoms with Gasteiger partial charge < -0.3 is 25.4 Å². The Labute approximate surface area is 190 Å². The molecule has 0 saturated heterocycles. The molecule has 4 rings (SSSR count). The number of rotatable bonds is 6. The summed E-state index contributed by atoms with van der Waals surface area (Å²) in [7, 11) is 0. The van der Waals surface area contributed by atoms with E-state index in [0.29, 0.717) is 22.3 Å². The zero-order valence-corrected chi connectivity index (χ0v) is 18.4. The zero-order valence-electron chi connectivity index (χ0n) is 16.8. The minimum atomic E-state index is -0.273. The summed E-state index contributed by atoms with van der Waals surface area (Å²) >= 11 is 6.83. The van der Waals surface area contributed by atoms with Gasteiger partial charge in [-0.2, -0.15) is 0 Å². The monoisotopic (exact) mass is 451 g/mol. The lowest BCUT2D eigenvalue weighted by Gasteiger charge is -2.13. The molecule has 1 unspecified atom stereocenters. The number of fused-ring (bicyclic) bond motifs is 1. The van der Waals surface area contributed by atoms with Gasteiger partial charge in [0.2, 0.25) is 12.7 Å². The summed E-state index contributed by atoms with van der Waals surface area (Å²) in [4.78, 5) is 13.5. The van der Waals surface area contributed by atoms with Crippen LogP contribution in [0.15, 0.2) is 77.7 Å². The van der Waals surface area contributed by atoms with Gasteiger partial charge in [-0.15, -0.1) is 11.8 Å². The van der Waals surface area contributed by atoms with Crippen LogP contribution in [0.3, 0.4) is 0 Å². The Balaban J connectivity index is 1.28. The number of thioether (sulfide) groups is 1. The molecule has 0 bridgehead atoms. The van der Waals surface area contributed by atoms with Gasteiger partial charge in [0, 0.05) is 28.0 Å². The molecule has 0 aliphatic carbocycles. The molecule has 0 radical (unpaired) electrons. The van der Waals surface area contributed by atoms with E-state index in [4.69, 9.17) is 21.7 Å². The van der Waals surface area contributed by atoms with Crippen LogP contribution in [-0.2, 0) is 4.79 Å². The van der Waals surface area contributed by atoms with Crippen LogP contribution in [0, 0.1) is 0 Å². The normalized spacial score (nSPS) is 12.7. The van der Waals surface area contributed by atoms with Crippen molar-refractivity contribution >= 4 is 52.1 Å². The second-order valence-corrected chi connectivity index (χ2v) is 8.61. The van der Waals surface area contributed by atoms with Crippen molar-refractivity contribution in [1.29, 1.82) is 0 Å². The van der Waals surface area contributed by atoms with Crippen LogP contribution < -0.4 is 25.4 Å². The predicted octanol–water partition coefficient (Wildman–Crippen LogP) is 5.34. The Morgan fingerprint density at radius 3 is 2.26 bits per heavy atom. The molecule has 0 saturated carbocycles. The van der Waals surface area contributed by atoms with Gasteiger partial charge in [-0.3, -0.25) is 4.79 Å². The van der Waals surface area contributed by atoms with Crippen molar-refractivity contribution < 1.29 is 14.3 Å². The van der Waals surface area contributed by atoms with Gasteiger partial charge in [0.1, 0.15) is 0 Å². The van der Waals surface area contributed by atoms with Gasteiger partial charge in [-0.25, -0.2) is 0 Å². The highest BCUT2D eigenvalue weighted by molar-refractivity contribution is 8.00. The molecule has 3 aromatic carbocycles. The number of carbonyl (C=O) groups is 1. The second kappa shape index (κ2) is 9.72. The van der Waals surface area contributed by atoms with E-state index in [2.05, 4.69) is 16.0 Å². The minimum Gasteiger partial charge on any atom is -0.454 e. The van der Waals surface area contributed by atoms with E-state index in [1.165, 1.54) is 11.8 Å². The smallest absolute Gasteiger partial charge is 0.237 e. The Hall–Kier alpha value is -3.23. The van der Waals surface area contributed by atoms with E-state index in [1.54, 1.807) is 18.2 Å². The molecule has 3 N–H and O–H groups in total. The molecule has 0 aromatic heterocycles. The largest absolute Gasteiger partial charge is 0.454 e. The number of anilines is 3. The lowest BCUT2D eigenvalue weighted by atomic mass is 10.2. The maximum atomic E-state index is 12.6. The van der Waals surface area contributed by atoms with Crippen LogP contribution in [0.2, 0.25) is 0 Å². The molecule has 0 fully saturated rings. The molecular weight excluding hydrogens is 430 g/mol. The fourth-order valence-electron chi connectivity index (χ4n) is 2.91. The van der Waals surface area contributed by atoms with E-state index in [9.17, 15) is 4.79 Å². The fourth-order valence-corrected chi connectivity index (χ4v) is 4.01. The first-order valence-electron chi connectivity index (χ1n) is 9.67. The molecule has 8 heteroatoms. The number of hydrogen-bond donors (Lipinski definition) is 3. The summed E-state index contributed by atoms with van der Waals surface area (Å²) < 4.78 is 10.6. The summed E-state index contributed by atoms with van der Waals surface area (Å²) in [6.45, 7) is 2.08. The number of carbonyl (C=O) groups excluding carboxylic acids is 1. The van der Waals surface area contributed by atoms with Crippen LogP contribution in [0.4, 0.5) is 17.1 Å². The number of para-hydroxylation sites is 1. The van der Waals surface area contributed by atoms with E-state index in [1.807, 2.05) is 61.5 Å². The highest BCUT2D eigenvalue weighted by Gasteiger charge is 2.17. The van der Waals surface area contributed by atoms with E-state index in [-0.39, 0.29) is 18.0 Å². The van der Waals surface area contributed by atoms with Gasteiger partial charge in [0.05, 0.1) is 5.25 Å². The van der Waals surface area contributed by atoms with E-state index >= 15 is 0 Å². The number of benzene rings is 3. The Morgan fingerprint density at radius 1 is 0.871 bits per heavy atom. The Bertz CT molecular complexity index is 1080. The molecule has 3 aromatic rings. The molecule has 1 aliphatic heterocycles. The first-order chi connectivity index (χ1) is 15.1. The Morgan fingerprint density at radius 2 is 1.52 bits per heavy atom. The summed E-state index contributed by atoms with van der Waals surface area (Å²) in [5.74, 6) is 1.24. The molecule has 1 amide bonds. The number of ether oxygens (including phenoxy) is 2. The molecule has 6 nitrogen and oxygen atoms in total. The first-order valence-corrected chi connectivity index (χ1v) is 11.0. The van der Waals surface area contributed by atoms with E-state index < -0.39 is 0 Å². The van der Waals surface area contributed by atoms with Gasteiger partial charge >= 0.3 is 0 Å². The Kier molecular flexibility index (Phi) is 6.59. The highest BCUT2D eigenvalue weighted by atomic mass is 32.2. The first kappa shape index (κ1) is 21.0. The van der Waals surface area contributed by atoms with Gasteiger partial charge in [0.15, 0.2) is 16.6 Å². The van der Waals surface area contributed by atoms with Gasteiger partial charge in [-0.1, -0.05) is 18.2 Å². The number of thiocarbonyl (C=S) groups is 1. The van der Waals surface area contributed by atoms with Crippen LogP contribution in [-0.4, -0.2) is 23.1 Å². The van der Waals surface area contributed by atoms with Crippen LogP contribution in [0.5, 0.6) is 11.5 Å². The standard InChI is InChI=1S/C23H21N3O3S2/c1-15(22(27)24-18-9-12-20-21(13-18)29-14-28-20)31-19-10-7-17(8-11-19)26-23(30)25-16-5-3-2-4-6-16/h2-13,15H,14H2,1H3,(H,24,27)(H2,25,26,30). The summed E-state index contributed by atoms with van der Waals surface area (Å²) in [5.41, 5.74) is 2.48. The molecule has 1 heterocycles. The topological polar surface area (TPSA) is 71.6 Å². The van der Waals surface area contributed by atoms with Crippen molar-refractivity contribution in [3.8, 4) is 11.5 Å². The summed E-state index contributed by atoms with van der Waals surface area (Å²) in [6.07, 6.45) is 0. The molecule has 31 heavy (non-hydrogen) atoms. The summed E-state index contributed by atoms with van der Waals surface area (Å²) in [6, 6.07) is 22.9. The zero-order chi connectivity index (χ0) is 21.6. The summed E-state index contributed by atoms with van der Waals surface area (Å²) in [5, 5.41) is 9.46. The van der Waals surface area contributed by atoms with Crippen LogP contribution in [0.1, 0.15) is 6.92 Å². The molecule has 158 valence electrons. The molecular formula is C23H21N3O3S2. The lowest BCUT2D eigenvalue weighted by molar-refractivity contribution is -0.115. The third kappa shape index (κ3) is 5.68. The minimum absolute atomic E-state index is 0.0840. The SMILES string of the molecule is CC(Sc1ccc(NC(=S)Nc2ccccc2)cc1)C(=O)Nc1ccc2c(c1)OCO2. The van der Waals surface area contributed by atoms with Gasteiger partial charge in [-0.05, 0) is 67.7 Å². The molecule has 1 aliphatic rings. The van der Waals surface area contributed by atoms with Crippen molar-refractivity contribution in [2.24, 2.45) is 0 Å². The highest BCUT2D eigenvalue weighted by Crippen LogP contribution is 2.34. The number of nitrogens with one attached hydrogen (secondary N) is 3. The van der Waals surface area contributed by atoms with E-state index in [0.717, 1.165) is 16.3 Å². The maximum Gasteiger partial charge on any atom is 0.237 e. The van der Waals surface area contributed by atoms with Crippen molar-refractivity contribution in [3.05, 3.63) is 72.8 Å².